The molecule has 1 aromatic carbocycles. The van der Waals surface area contributed by atoms with Crippen LogP contribution in [-0.4, -0.2) is 4.98 Å². The quantitative estimate of drug-likeness (QED) is 0.760. The van der Waals surface area contributed by atoms with E-state index in [1.165, 1.54) is 24.5 Å². The first-order chi connectivity index (χ1) is 9.52. The predicted octanol–water partition coefficient (Wildman–Crippen LogP) is 4.67. The van der Waals surface area contributed by atoms with Gasteiger partial charge < -0.3 is 0 Å². The molecule has 2 rings (SSSR count). The molecule has 0 aliphatic carbocycles. The van der Waals surface area contributed by atoms with Gasteiger partial charge in [0.25, 0.3) is 0 Å². The van der Waals surface area contributed by atoms with Crippen molar-refractivity contribution in [3.05, 3.63) is 53.9 Å². The largest absolute Gasteiger partial charge is 0.417 e. The molecular formula is C15H13F3N2. The molecule has 0 fully saturated rings. The number of hydrogen-bond donors (Lipinski definition) is 0. The second-order valence-corrected chi connectivity index (χ2v) is 3.61. The number of pyridine rings is 1. The third-order valence-corrected chi connectivity index (χ3v) is 2.46. The molecule has 0 unspecified atom stereocenters. The highest BCUT2D eigenvalue weighted by Gasteiger charge is 2.33. The van der Waals surface area contributed by atoms with Crippen LogP contribution in [0.1, 0.15) is 25.0 Å². The van der Waals surface area contributed by atoms with Crippen molar-refractivity contribution >= 4 is 0 Å². The number of nitriles is 1. The Morgan fingerprint density at radius 1 is 1.00 bits per heavy atom. The van der Waals surface area contributed by atoms with E-state index in [0.29, 0.717) is 11.1 Å². The fraction of sp³-hybridized carbons (Fsp3) is 0.200. The second kappa shape index (κ2) is 6.71. The maximum absolute atomic E-state index is 12.8. The van der Waals surface area contributed by atoms with Crippen LogP contribution < -0.4 is 0 Å². The van der Waals surface area contributed by atoms with Gasteiger partial charge in [-0.3, -0.25) is 4.98 Å². The molecule has 1 aromatic heterocycles. The zero-order valence-electron chi connectivity index (χ0n) is 11.1. The molecule has 2 aromatic rings. The Morgan fingerprint density at radius 2 is 1.60 bits per heavy atom. The summed E-state index contributed by atoms with van der Waals surface area (Å²) in [5.41, 5.74) is -0.261. The number of hydrogen-bond acceptors (Lipinski definition) is 2. The third kappa shape index (κ3) is 3.58. The summed E-state index contributed by atoms with van der Waals surface area (Å²) in [6.45, 7) is 4.00. The molecule has 0 radical (unpaired) electrons. The van der Waals surface area contributed by atoms with Gasteiger partial charge in [0.05, 0.1) is 17.2 Å². The molecule has 0 aliphatic heterocycles. The Kier molecular flexibility index (Phi) is 5.27. The first kappa shape index (κ1) is 15.7. The van der Waals surface area contributed by atoms with Crippen LogP contribution in [0.2, 0.25) is 0 Å². The summed E-state index contributed by atoms with van der Waals surface area (Å²) in [5, 5.41) is 8.68. The van der Waals surface area contributed by atoms with Gasteiger partial charge in [0.2, 0.25) is 0 Å². The molecule has 0 atom stereocenters. The zero-order valence-corrected chi connectivity index (χ0v) is 11.1. The van der Waals surface area contributed by atoms with Gasteiger partial charge in [-0.15, -0.1) is 0 Å². The fourth-order valence-corrected chi connectivity index (χ4v) is 1.60. The lowest BCUT2D eigenvalue weighted by Gasteiger charge is -2.10. The average Bonchev–Trinajstić information content (AvgIpc) is 2.48. The SMILES string of the molecule is CC.N#Cc1ccc(-c2ccncc2)cc1C(F)(F)F. The van der Waals surface area contributed by atoms with Crippen LogP contribution >= 0.6 is 0 Å². The van der Waals surface area contributed by atoms with Crippen LogP contribution in [0.4, 0.5) is 13.2 Å². The number of rotatable bonds is 1. The molecule has 0 spiro atoms. The number of nitrogens with zero attached hydrogens (tertiary/aromatic N) is 2. The normalized spacial score (nSPS) is 10.2. The van der Waals surface area contributed by atoms with Crippen molar-refractivity contribution in [1.29, 1.82) is 5.26 Å². The highest BCUT2D eigenvalue weighted by Crippen LogP contribution is 2.34. The summed E-state index contributed by atoms with van der Waals surface area (Å²) < 4.78 is 38.3. The van der Waals surface area contributed by atoms with Crippen LogP contribution in [0.15, 0.2) is 42.7 Å². The lowest BCUT2D eigenvalue weighted by molar-refractivity contribution is -0.137. The first-order valence-electron chi connectivity index (χ1n) is 6.04. The van der Waals surface area contributed by atoms with Crippen LogP contribution in [0.25, 0.3) is 11.1 Å². The second-order valence-electron chi connectivity index (χ2n) is 3.61. The van der Waals surface area contributed by atoms with Crippen LogP contribution in [0, 0.1) is 11.3 Å². The fourth-order valence-electron chi connectivity index (χ4n) is 1.60. The number of alkyl halides is 3. The minimum atomic E-state index is -4.53. The summed E-state index contributed by atoms with van der Waals surface area (Å²) in [5.74, 6) is 0. The van der Waals surface area contributed by atoms with Crippen molar-refractivity contribution < 1.29 is 13.2 Å². The van der Waals surface area contributed by atoms with E-state index < -0.39 is 11.7 Å². The van der Waals surface area contributed by atoms with E-state index in [1.807, 2.05) is 13.8 Å². The van der Waals surface area contributed by atoms with E-state index in [-0.39, 0.29) is 5.56 Å². The molecule has 1 heterocycles. The van der Waals surface area contributed by atoms with Crippen molar-refractivity contribution in [2.45, 2.75) is 20.0 Å². The molecule has 20 heavy (non-hydrogen) atoms. The monoisotopic (exact) mass is 278 g/mol. The van der Waals surface area contributed by atoms with Crippen LogP contribution in [-0.2, 0) is 6.18 Å². The summed E-state index contributed by atoms with van der Waals surface area (Å²) in [7, 11) is 0. The van der Waals surface area contributed by atoms with Gasteiger partial charge in [-0.25, -0.2) is 0 Å². The number of aromatic nitrogens is 1. The molecule has 2 nitrogen and oxygen atoms in total. The van der Waals surface area contributed by atoms with Gasteiger partial charge in [0.1, 0.15) is 0 Å². The van der Waals surface area contributed by atoms with Gasteiger partial charge in [-0.1, -0.05) is 19.9 Å². The Bertz CT molecular complexity index is 599. The highest BCUT2D eigenvalue weighted by atomic mass is 19.4. The van der Waals surface area contributed by atoms with E-state index >= 15 is 0 Å². The van der Waals surface area contributed by atoms with Crippen molar-refractivity contribution in [1.82, 2.24) is 4.98 Å². The molecule has 0 saturated heterocycles. The molecule has 5 heteroatoms. The van der Waals surface area contributed by atoms with Crippen LogP contribution in [0.3, 0.4) is 0 Å². The zero-order chi connectivity index (χ0) is 15.2. The van der Waals surface area contributed by atoms with E-state index in [4.69, 9.17) is 5.26 Å². The Morgan fingerprint density at radius 3 is 2.10 bits per heavy atom. The molecular weight excluding hydrogens is 265 g/mol. The molecule has 104 valence electrons. The van der Waals surface area contributed by atoms with Crippen molar-refractivity contribution in [2.24, 2.45) is 0 Å². The van der Waals surface area contributed by atoms with Gasteiger partial charge in [-0.05, 0) is 35.4 Å². The molecule has 0 N–H and O–H groups in total. The Balaban J connectivity index is 0.000000956. The van der Waals surface area contributed by atoms with Crippen molar-refractivity contribution in [3.8, 4) is 17.2 Å². The maximum atomic E-state index is 12.8. The molecule has 0 aliphatic rings. The number of benzene rings is 1. The topological polar surface area (TPSA) is 36.7 Å². The molecule has 0 amide bonds. The first-order valence-corrected chi connectivity index (χ1v) is 6.04. The van der Waals surface area contributed by atoms with E-state index in [0.717, 1.165) is 6.07 Å². The summed E-state index contributed by atoms with van der Waals surface area (Å²) in [6.07, 6.45) is -1.53. The molecule has 0 bridgehead atoms. The van der Waals surface area contributed by atoms with E-state index in [1.54, 1.807) is 18.2 Å². The van der Waals surface area contributed by atoms with E-state index in [2.05, 4.69) is 4.98 Å². The van der Waals surface area contributed by atoms with Crippen molar-refractivity contribution in [3.63, 3.8) is 0 Å². The maximum Gasteiger partial charge on any atom is 0.417 e. The minimum Gasteiger partial charge on any atom is -0.265 e. The van der Waals surface area contributed by atoms with Gasteiger partial charge in [0, 0.05) is 12.4 Å². The van der Waals surface area contributed by atoms with Crippen molar-refractivity contribution in [2.75, 3.05) is 0 Å². The lowest BCUT2D eigenvalue weighted by atomic mass is 10.00. The van der Waals surface area contributed by atoms with E-state index in [9.17, 15) is 13.2 Å². The van der Waals surface area contributed by atoms with Crippen LogP contribution in [0.5, 0.6) is 0 Å². The summed E-state index contributed by atoms with van der Waals surface area (Å²) in [6, 6.07) is 8.42. The lowest BCUT2D eigenvalue weighted by Crippen LogP contribution is -2.07. The molecule has 0 saturated carbocycles. The summed E-state index contributed by atoms with van der Waals surface area (Å²) in [4.78, 5) is 3.80. The van der Waals surface area contributed by atoms with Gasteiger partial charge in [0.15, 0.2) is 0 Å². The minimum absolute atomic E-state index is 0.375. The highest BCUT2D eigenvalue weighted by molar-refractivity contribution is 5.65. The van der Waals surface area contributed by atoms with Gasteiger partial charge in [-0.2, -0.15) is 18.4 Å². The average molecular weight is 278 g/mol. The predicted molar refractivity (Wildman–Crippen MR) is 70.7 cm³/mol. The standard InChI is InChI=1S/C13H7F3N2.C2H6/c14-13(15,16)12-7-10(1-2-11(12)8-17)9-3-5-18-6-4-9;1-2/h1-7H;1-2H3. The Labute approximate surface area is 115 Å². The smallest absolute Gasteiger partial charge is 0.265 e. The Hall–Kier alpha value is -2.35. The number of halogens is 3. The third-order valence-electron chi connectivity index (χ3n) is 2.46. The summed E-state index contributed by atoms with van der Waals surface area (Å²) >= 11 is 0. The van der Waals surface area contributed by atoms with Gasteiger partial charge >= 0.3 is 6.18 Å².